The van der Waals surface area contributed by atoms with Gasteiger partial charge in [0.25, 0.3) is 5.91 Å². The van der Waals surface area contributed by atoms with E-state index in [9.17, 15) is 4.79 Å². The number of rotatable bonds is 3. The monoisotopic (exact) mass is 243 g/mol. The molecular formula is C12H13N5O. The molecule has 0 bridgehead atoms. The Labute approximate surface area is 104 Å². The van der Waals surface area contributed by atoms with Crippen molar-refractivity contribution in [3.63, 3.8) is 0 Å². The molecule has 4 N–H and O–H groups in total. The van der Waals surface area contributed by atoms with E-state index in [0.717, 1.165) is 0 Å². The lowest BCUT2D eigenvalue weighted by molar-refractivity contribution is 0.102. The van der Waals surface area contributed by atoms with Crippen molar-refractivity contribution in [2.24, 2.45) is 0 Å². The minimum atomic E-state index is -0.261. The van der Waals surface area contributed by atoms with Crippen LogP contribution in [-0.4, -0.2) is 22.9 Å². The SMILES string of the molecule is CNc1ncnc(NC(=O)c2ccccc2)c1N. The standard InChI is InChI=1S/C12H13N5O/c1-14-10-9(13)11(16-7-15-10)17-12(18)8-5-3-2-4-6-8/h2-7H,13H2,1H3,(H2,14,15,16,17,18). The first-order valence-corrected chi connectivity index (χ1v) is 5.37. The summed E-state index contributed by atoms with van der Waals surface area (Å²) in [4.78, 5) is 19.8. The number of hydrogen-bond donors (Lipinski definition) is 3. The van der Waals surface area contributed by atoms with Crippen LogP contribution in [-0.2, 0) is 0 Å². The van der Waals surface area contributed by atoms with E-state index in [0.29, 0.717) is 22.9 Å². The summed E-state index contributed by atoms with van der Waals surface area (Å²) < 4.78 is 0. The summed E-state index contributed by atoms with van der Waals surface area (Å²) in [5.41, 5.74) is 6.67. The van der Waals surface area contributed by atoms with Crippen LogP contribution in [0.25, 0.3) is 0 Å². The number of carbonyl (C=O) groups is 1. The van der Waals surface area contributed by atoms with Gasteiger partial charge in [-0.05, 0) is 12.1 Å². The summed E-state index contributed by atoms with van der Waals surface area (Å²) in [6.45, 7) is 0. The van der Waals surface area contributed by atoms with Crippen molar-refractivity contribution >= 4 is 23.2 Å². The largest absolute Gasteiger partial charge is 0.393 e. The van der Waals surface area contributed by atoms with E-state index in [1.165, 1.54) is 6.33 Å². The van der Waals surface area contributed by atoms with Crippen LogP contribution in [0.2, 0.25) is 0 Å². The Morgan fingerprint density at radius 1 is 1.17 bits per heavy atom. The molecular weight excluding hydrogens is 230 g/mol. The van der Waals surface area contributed by atoms with E-state index in [4.69, 9.17) is 5.73 Å². The van der Waals surface area contributed by atoms with Crippen LogP contribution in [0.4, 0.5) is 17.3 Å². The van der Waals surface area contributed by atoms with E-state index in [1.807, 2.05) is 6.07 Å². The second-order valence-corrected chi connectivity index (χ2v) is 3.55. The molecule has 6 nitrogen and oxygen atoms in total. The first kappa shape index (κ1) is 11.8. The third-order valence-corrected chi connectivity index (χ3v) is 2.39. The van der Waals surface area contributed by atoms with E-state index >= 15 is 0 Å². The average Bonchev–Trinajstić information content (AvgIpc) is 2.42. The van der Waals surface area contributed by atoms with Crippen LogP contribution in [0.1, 0.15) is 10.4 Å². The van der Waals surface area contributed by atoms with E-state index < -0.39 is 0 Å². The van der Waals surface area contributed by atoms with Crippen LogP contribution in [0.5, 0.6) is 0 Å². The zero-order chi connectivity index (χ0) is 13.0. The molecule has 18 heavy (non-hydrogen) atoms. The van der Waals surface area contributed by atoms with Crippen molar-refractivity contribution in [2.45, 2.75) is 0 Å². The van der Waals surface area contributed by atoms with Gasteiger partial charge in [-0.3, -0.25) is 4.79 Å². The number of benzene rings is 1. The molecule has 0 saturated heterocycles. The predicted molar refractivity (Wildman–Crippen MR) is 70.4 cm³/mol. The number of anilines is 3. The maximum atomic E-state index is 11.9. The number of aromatic nitrogens is 2. The van der Waals surface area contributed by atoms with Gasteiger partial charge < -0.3 is 16.4 Å². The Balaban J connectivity index is 2.22. The molecule has 1 aromatic heterocycles. The summed E-state index contributed by atoms with van der Waals surface area (Å²) >= 11 is 0. The quantitative estimate of drug-likeness (QED) is 0.756. The molecule has 0 atom stereocenters. The highest BCUT2D eigenvalue weighted by Gasteiger charge is 2.11. The van der Waals surface area contributed by atoms with Crippen molar-refractivity contribution < 1.29 is 4.79 Å². The topological polar surface area (TPSA) is 92.9 Å². The van der Waals surface area contributed by atoms with Gasteiger partial charge in [-0.15, -0.1) is 0 Å². The van der Waals surface area contributed by atoms with E-state index in [-0.39, 0.29) is 5.91 Å². The van der Waals surface area contributed by atoms with E-state index in [2.05, 4.69) is 20.6 Å². The van der Waals surface area contributed by atoms with E-state index in [1.54, 1.807) is 31.3 Å². The molecule has 0 saturated carbocycles. The Hall–Kier alpha value is -2.63. The van der Waals surface area contributed by atoms with Crippen molar-refractivity contribution in [3.05, 3.63) is 42.2 Å². The third kappa shape index (κ3) is 2.37. The van der Waals surface area contributed by atoms with Gasteiger partial charge in [0.2, 0.25) is 0 Å². The summed E-state index contributed by atoms with van der Waals surface area (Å²) in [7, 11) is 1.70. The zero-order valence-electron chi connectivity index (χ0n) is 9.84. The minimum absolute atomic E-state index is 0.261. The number of amides is 1. The van der Waals surface area contributed by atoms with Crippen LogP contribution in [0.3, 0.4) is 0 Å². The smallest absolute Gasteiger partial charge is 0.256 e. The van der Waals surface area contributed by atoms with Crippen LogP contribution >= 0.6 is 0 Å². The van der Waals surface area contributed by atoms with Crippen molar-refractivity contribution in [1.29, 1.82) is 0 Å². The number of nitrogens with zero attached hydrogens (tertiary/aromatic N) is 2. The summed E-state index contributed by atoms with van der Waals surface area (Å²) in [6.07, 6.45) is 1.34. The van der Waals surface area contributed by atoms with Gasteiger partial charge in [-0.2, -0.15) is 0 Å². The van der Waals surface area contributed by atoms with Crippen molar-refractivity contribution in [2.75, 3.05) is 23.4 Å². The van der Waals surface area contributed by atoms with Gasteiger partial charge in [0.15, 0.2) is 11.6 Å². The number of carbonyl (C=O) groups excluding carboxylic acids is 1. The predicted octanol–water partition coefficient (Wildman–Crippen LogP) is 1.35. The molecule has 0 aliphatic heterocycles. The highest BCUT2D eigenvalue weighted by atomic mass is 16.1. The second-order valence-electron chi connectivity index (χ2n) is 3.55. The highest BCUT2D eigenvalue weighted by Crippen LogP contribution is 2.22. The molecule has 6 heteroatoms. The molecule has 0 fully saturated rings. The molecule has 0 radical (unpaired) electrons. The molecule has 2 rings (SSSR count). The average molecular weight is 243 g/mol. The number of nitrogens with one attached hydrogen (secondary N) is 2. The first-order valence-electron chi connectivity index (χ1n) is 5.37. The number of nitrogen functional groups attached to an aromatic ring is 1. The molecule has 1 heterocycles. The molecule has 1 aromatic carbocycles. The summed E-state index contributed by atoms with van der Waals surface area (Å²) in [5, 5.41) is 5.47. The Morgan fingerprint density at radius 2 is 1.83 bits per heavy atom. The lowest BCUT2D eigenvalue weighted by Crippen LogP contribution is -2.15. The van der Waals surface area contributed by atoms with Gasteiger partial charge in [0.05, 0.1) is 0 Å². The first-order chi connectivity index (χ1) is 8.72. The van der Waals surface area contributed by atoms with Gasteiger partial charge in [0, 0.05) is 12.6 Å². The fourth-order valence-electron chi connectivity index (χ4n) is 1.46. The van der Waals surface area contributed by atoms with Crippen LogP contribution in [0, 0.1) is 0 Å². The molecule has 0 spiro atoms. The van der Waals surface area contributed by atoms with Gasteiger partial charge in [-0.25, -0.2) is 9.97 Å². The third-order valence-electron chi connectivity index (χ3n) is 2.39. The number of hydrogen-bond acceptors (Lipinski definition) is 5. The lowest BCUT2D eigenvalue weighted by Gasteiger charge is -2.09. The van der Waals surface area contributed by atoms with Crippen molar-refractivity contribution in [3.8, 4) is 0 Å². The van der Waals surface area contributed by atoms with Gasteiger partial charge in [-0.1, -0.05) is 18.2 Å². The Morgan fingerprint density at radius 3 is 2.50 bits per heavy atom. The molecule has 0 aliphatic rings. The Bertz CT molecular complexity index is 556. The maximum Gasteiger partial charge on any atom is 0.256 e. The normalized spacial score (nSPS) is 9.83. The van der Waals surface area contributed by atoms with Gasteiger partial charge in [0.1, 0.15) is 12.0 Å². The maximum absolute atomic E-state index is 11.9. The van der Waals surface area contributed by atoms with Crippen LogP contribution in [0.15, 0.2) is 36.7 Å². The van der Waals surface area contributed by atoms with Crippen LogP contribution < -0.4 is 16.4 Å². The zero-order valence-corrected chi connectivity index (χ0v) is 9.84. The molecule has 0 aliphatic carbocycles. The number of nitrogens with two attached hydrogens (primary N) is 1. The summed E-state index contributed by atoms with van der Waals surface area (Å²) in [6, 6.07) is 8.85. The fraction of sp³-hybridized carbons (Fsp3) is 0.0833. The molecule has 0 unspecified atom stereocenters. The van der Waals surface area contributed by atoms with Crippen molar-refractivity contribution in [1.82, 2.24) is 9.97 Å². The minimum Gasteiger partial charge on any atom is -0.393 e. The molecule has 1 amide bonds. The fourth-order valence-corrected chi connectivity index (χ4v) is 1.46. The summed E-state index contributed by atoms with van der Waals surface area (Å²) in [5.74, 6) is 0.514. The Kier molecular flexibility index (Phi) is 3.38. The second kappa shape index (κ2) is 5.13. The highest BCUT2D eigenvalue weighted by molar-refractivity contribution is 6.05. The molecule has 2 aromatic rings. The molecule has 92 valence electrons. The van der Waals surface area contributed by atoms with Gasteiger partial charge >= 0.3 is 0 Å². The lowest BCUT2D eigenvalue weighted by atomic mass is 10.2.